The normalized spacial score (nSPS) is 21.1. The first kappa shape index (κ1) is 22.5. The Hall–Kier alpha value is -2.33. The number of anilines is 1. The standard InChI is InChI=1S/C23H34N6O3S/c1-23(8-9-23)25-33(31,32)18-14-19(27-10-12-28(13-11-27)22(30)26(2)3)21-24-15-20(29(21)16-18)17-6-4-5-7-17/h14-17,25H,4-13H2,1-3H3. The summed E-state index contributed by atoms with van der Waals surface area (Å²) in [5.41, 5.74) is 2.37. The molecule has 2 aliphatic carbocycles. The third-order valence-corrected chi connectivity index (χ3v) is 8.93. The molecule has 2 aromatic rings. The Morgan fingerprint density at radius 1 is 1.15 bits per heavy atom. The highest BCUT2D eigenvalue weighted by atomic mass is 32.2. The van der Waals surface area contributed by atoms with Crippen molar-refractivity contribution >= 4 is 27.4 Å². The zero-order valence-corrected chi connectivity index (χ0v) is 20.6. The van der Waals surface area contributed by atoms with Crippen molar-refractivity contribution in [3.63, 3.8) is 0 Å². The lowest BCUT2D eigenvalue weighted by molar-refractivity contribution is 0.168. The first-order chi connectivity index (χ1) is 15.7. The highest BCUT2D eigenvalue weighted by molar-refractivity contribution is 7.89. The summed E-state index contributed by atoms with van der Waals surface area (Å²) in [7, 11) is -0.140. The minimum atomic E-state index is -3.66. The first-order valence-corrected chi connectivity index (χ1v) is 13.4. The lowest BCUT2D eigenvalue weighted by atomic mass is 10.1. The predicted molar refractivity (Wildman–Crippen MR) is 127 cm³/mol. The number of amides is 2. The molecule has 0 atom stereocenters. The average Bonchev–Trinajstić information content (AvgIpc) is 3.18. The van der Waals surface area contributed by atoms with Gasteiger partial charge >= 0.3 is 6.03 Å². The van der Waals surface area contributed by atoms with E-state index < -0.39 is 10.0 Å². The van der Waals surface area contributed by atoms with Crippen LogP contribution < -0.4 is 9.62 Å². The van der Waals surface area contributed by atoms with Gasteiger partial charge in [0, 0.05) is 69.8 Å². The Morgan fingerprint density at radius 2 is 1.82 bits per heavy atom. The number of piperazine rings is 1. The number of carbonyl (C=O) groups is 1. The Kier molecular flexibility index (Phi) is 5.55. The Labute approximate surface area is 195 Å². The van der Waals surface area contributed by atoms with Crippen LogP contribution in [0.2, 0.25) is 0 Å². The van der Waals surface area contributed by atoms with Crippen LogP contribution in [0.3, 0.4) is 0 Å². The molecule has 2 saturated carbocycles. The lowest BCUT2D eigenvalue weighted by Crippen LogP contribution is -2.51. The zero-order chi connectivity index (χ0) is 23.4. The fourth-order valence-electron chi connectivity index (χ4n) is 5.06. The summed E-state index contributed by atoms with van der Waals surface area (Å²) in [6, 6.07) is 1.76. The Bertz CT molecular complexity index is 1160. The van der Waals surface area contributed by atoms with E-state index >= 15 is 0 Å². The molecule has 10 heteroatoms. The molecule has 2 aromatic heterocycles. The van der Waals surface area contributed by atoms with E-state index in [4.69, 9.17) is 4.98 Å². The second-order valence-corrected chi connectivity index (χ2v) is 11.9. The van der Waals surface area contributed by atoms with Gasteiger partial charge in [0.1, 0.15) is 4.90 Å². The molecule has 5 rings (SSSR count). The maximum absolute atomic E-state index is 13.3. The molecular formula is C23H34N6O3S. The molecule has 0 unspecified atom stereocenters. The van der Waals surface area contributed by atoms with Crippen molar-refractivity contribution in [3.8, 4) is 0 Å². The van der Waals surface area contributed by atoms with Crippen molar-refractivity contribution in [2.45, 2.75) is 61.8 Å². The van der Waals surface area contributed by atoms with E-state index in [2.05, 4.69) is 9.62 Å². The SMILES string of the molecule is CN(C)C(=O)N1CCN(c2cc(S(=O)(=O)NC3(C)CC3)cn3c(C4CCCC4)cnc23)CC1. The van der Waals surface area contributed by atoms with E-state index in [-0.39, 0.29) is 16.5 Å². The van der Waals surface area contributed by atoms with Crippen molar-refractivity contribution in [2.75, 3.05) is 45.2 Å². The van der Waals surface area contributed by atoms with Crippen LogP contribution in [0.4, 0.5) is 10.5 Å². The van der Waals surface area contributed by atoms with Gasteiger partial charge < -0.3 is 19.1 Å². The van der Waals surface area contributed by atoms with Gasteiger partial charge in [0.2, 0.25) is 10.0 Å². The van der Waals surface area contributed by atoms with Gasteiger partial charge in [0.05, 0.1) is 5.69 Å². The molecule has 1 aliphatic heterocycles. The third kappa shape index (κ3) is 4.30. The quantitative estimate of drug-likeness (QED) is 0.720. The monoisotopic (exact) mass is 474 g/mol. The van der Waals surface area contributed by atoms with Gasteiger partial charge in [-0.25, -0.2) is 22.9 Å². The molecule has 3 heterocycles. The Morgan fingerprint density at radius 3 is 2.42 bits per heavy atom. The van der Waals surface area contributed by atoms with E-state index in [1.54, 1.807) is 31.3 Å². The van der Waals surface area contributed by atoms with Gasteiger partial charge in [-0.15, -0.1) is 0 Å². The van der Waals surface area contributed by atoms with E-state index in [1.165, 1.54) is 12.8 Å². The second kappa shape index (κ2) is 8.16. The molecular weight excluding hydrogens is 440 g/mol. The van der Waals surface area contributed by atoms with Gasteiger partial charge in [0.15, 0.2) is 5.65 Å². The van der Waals surface area contributed by atoms with Crippen LogP contribution in [0, 0.1) is 0 Å². The molecule has 0 aromatic carbocycles. The van der Waals surface area contributed by atoms with E-state index in [1.807, 2.05) is 22.4 Å². The fraction of sp³-hybridized carbons (Fsp3) is 0.652. The highest BCUT2D eigenvalue weighted by Crippen LogP contribution is 2.38. The maximum Gasteiger partial charge on any atom is 0.319 e. The molecule has 33 heavy (non-hydrogen) atoms. The fourth-order valence-corrected chi connectivity index (χ4v) is 6.54. The topological polar surface area (TPSA) is 90.3 Å². The average molecular weight is 475 g/mol. The summed E-state index contributed by atoms with van der Waals surface area (Å²) < 4.78 is 31.5. The van der Waals surface area contributed by atoms with E-state index in [9.17, 15) is 13.2 Å². The predicted octanol–water partition coefficient (Wildman–Crippen LogP) is 2.63. The lowest BCUT2D eigenvalue weighted by Gasteiger charge is -2.37. The number of pyridine rings is 1. The minimum absolute atomic E-state index is 0.00216. The van der Waals surface area contributed by atoms with Crippen LogP contribution in [0.25, 0.3) is 5.65 Å². The van der Waals surface area contributed by atoms with E-state index in [0.717, 1.165) is 42.7 Å². The van der Waals surface area contributed by atoms with Crippen LogP contribution in [-0.2, 0) is 10.0 Å². The number of fused-ring (bicyclic) bond motifs is 1. The van der Waals surface area contributed by atoms with Gasteiger partial charge in [-0.2, -0.15) is 0 Å². The third-order valence-electron chi connectivity index (χ3n) is 7.33. The number of hydrogen-bond acceptors (Lipinski definition) is 5. The minimum Gasteiger partial charge on any atom is -0.365 e. The summed E-state index contributed by atoms with van der Waals surface area (Å²) >= 11 is 0. The number of rotatable bonds is 5. The van der Waals surface area contributed by atoms with E-state index in [0.29, 0.717) is 32.1 Å². The van der Waals surface area contributed by atoms with Gasteiger partial charge in [0.25, 0.3) is 0 Å². The van der Waals surface area contributed by atoms with Crippen LogP contribution in [0.1, 0.15) is 57.1 Å². The van der Waals surface area contributed by atoms with Crippen LogP contribution in [-0.4, -0.2) is 79.4 Å². The van der Waals surface area contributed by atoms with Crippen molar-refractivity contribution in [1.82, 2.24) is 23.9 Å². The summed E-state index contributed by atoms with van der Waals surface area (Å²) in [5, 5.41) is 0. The number of nitrogens with zero attached hydrogens (tertiary/aromatic N) is 5. The first-order valence-electron chi connectivity index (χ1n) is 11.9. The summed E-state index contributed by atoms with van der Waals surface area (Å²) in [4.78, 5) is 23.0. The molecule has 9 nitrogen and oxygen atoms in total. The number of aromatic nitrogens is 2. The Balaban J connectivity index is 1.52. The molecule has 180 valence electrons. The molecule has 0 spiro atoms. The number of carbonyl (C=O) groups excluding carboxylic acids is 1. The van der Waals surface area contributed by atoms with Crippen LogP contribution in [0.15, 0.2) is 23.4 Å². The maximum atomic E-state index is 13.3. The van der Waals surface area contributed by atoms with Crippen LogP contribution in [0.5, 0.6) is 0 Å². The molecule has 3 aliphatic rings. The van der Waals surface area contributed by atoms with Gasteiger partial charge in [-0.1, -0.05) is 12.8 Å². The van der Waals surface area contributed by atoms with Crippen molar-refractivity contribution in [1.29, 1.82) is 0 Å². The molecule has 3 fully saturated rings. The summed E-state index contributed by atoms with van der Waals surface area (Å²) in [5.74, 6) is 0.411. The largest absolute Gasteiger partial charge is 0.365 e. The number of hydrogen-bond donors (Lipinski definition) is 1. The van der Waals surface area contributed by atoms with Crippen LogP contribution >= 0.6 is 0 Å². The molecule has 0 radical (unpaired) electrons. The highest BCUT2D eigenvalue weighted by Gasteiger charge is 2.41. The number of sulfonamides is 1. The molecule has 0 bridgehead atoms. The zero-order valence-electron chi connectivity index (χ0n) is 19.7. The molecule has 1 N–H and O–H groups in total. The van der Waals surface area contributed by atoms with Gasteiger partial charge in [-0.3, -0.25) is 0 Å². The van der Waals surface area contributed by atoms with Crippen molar-refractivity contribution < 1.29 is 13.2 Å². The summed E-state index contributed by atoms with van der Waals surface area (Å²) in [6.07, 6.45) is 10.0. The second-order valence-electron chi connectivity index (χ2n) is 10.2. The molecule has 1 saturated heterocycles. The number of urea groups is 1. The number of imidazole rings is 1. The van der Waals surface area contributed by atoms with Crippen molar-refractivity contribution in [3.05, 3.63) is 24.2 Å². The van der Waals surface area contributed by atoms with Gasteiger partial charge in [-0.05, 0) is 38.7 Å². The summed E-state index contributed by atoms with van der Waals surface area (Å²) in [6.45, 7) is 4.40. The van der Waals surface area contributed by atoms with Crippen molar-refractivity contribution in [2.24, 2.45) is 0 Å². The smallest absolute Gasteiger partial charge is 0.319 e. The number of nitrogens with one attached hydrogen (secondary N) is 1. The molecule has 2 amide bonds.